The van der Waals surface area contributed by atoms with Crippen LogP contribution in [0.25, 0.3) is 11.1 Å². The highest BCUT2D eigenvalue weighted by atomic mass is 16.2. The lowest BCUT2D eigenvalue weighted by molar-refractivity contribution is -0.118. The molecule has 0 saturated carbocycles. The first-order chi connectivity index (χ1) is 11.5. The molecule has 2 aromatic carbocycles. The number of primary amides is 1. The summed E-state index contributed by atoms with van der Waals surface area (Å²) in [5.41, 5.74) is 8.39. The third kappa shape index (κ3) is 3.35. The zero-order valence-electron chi connectivity index (χ0n) is 13.2. The summed E-state index contributed by atoms with van der Waals surface area (Å²) in [6, 6.07) is 17.0. The number of nitrogens with two attached hydrogens (primary N) is 1. The van der Waals surface area contributed by atoms with E-state index in [4.69, 9.17) is 11.1 Å². The van der Waals surface area contributed by atoms with Crippen LogP contribution in [0, 0.1) is 5.41 Å². The molecule has 2 amide bonds. The molecule has 1 aliphatic heterocycles. The monoisotopic (exact) mass is 321 g/mol. The van der Waals surface area contributed by atoms with E-state index >= 15 is 0 Å². The molecule has 3 N–H and O–H groups in total. The predicted octanol–water partition coefficient (Wildman–Crippen LogP) is 2.46. The molecule has 3 rings (SSSR count). The average Bonchev–Trinajstić information content (AvgIpc) is 2.95. The first-order valence-corrected chi connectivity index (χ1v) is 7.85. The molecule has 1 heterocycles. The van der Waals surface area contributed by atoms with Crippen LogP contribution in [-0.2, 0) is 4.79 Å². The minimum absolute atomic E-state index is 0.0935. The summed E-state index contributed by atoms with van der Waals surface area (Å²) < 4.78 is 0. The van der Waals surface area contributed by atoms with Gasteiger partial charge in [-0.2, -0.15) is 0 Å². The largest absolute Gasteiger partial charge is 0.370 e. The molecule has 0 aliphatic carbocycles. The number of carbonyl (C=O) groups is 2. The minimum atomic E-state index is -0.452. The zero-order valence-corrected chi connectivity index (χ0v) is 13.2. The Labute approximate surface area is 140 Å². The number of hydrogen-bond donors (Lipinski definition) is 2. The van der Waals surface area contributed by atoms with Gasteiger partial charge in [0.1, 0.15) is 0 Å². The van der Waals surface area contributed by atoms with E-state index < -0.39 is 5.91 Å². The summed E-state index contributed by atoms with van der Waals surface area (Å²) in [6.45, 7) is 0.261. The molecule has 1 aliphatic rings. The van der Waals surface area contributed by atoms with Crippen LogP contribution >= 0.6 is 0 Å². The summed E-state index contributed by atoms with van der Waals surface area (Å²) in [7, 11) is 0. The van der Waals surface area contributed by atoms with Crippen molar-refractivity contribution in [1.29, 1.82) is 5.41 Å². The van der Waals surface area contributed by atoms with Gasteiger partial charge in [-0.25, -0.2) is 0 Å². The molecule has 1 saturated heterocycles. The topological polar surface area (TPSA) is 87.2 Å². The van der Waals surface area contributed by atoms with Crippen molar-refractivity contribution in [1.82, 2.24) is 4.90 Å². The summed E-state index contributed by atoms with van der Waals surface area (Å²) in [5.74, 6) is -0.616. The Kier molecular flexibility index (Phi) is 4.42. The molecule has 122 valence electrons. The molecule has 0 aromatic heterocycles. The highest BCUT2D eigenvalue weighted by Gasteiger charge is 2.33. The molecule has 0 bridgehead atoms. The Balaban J connectivity index is 1.79. The Morgan fingerprint density at radius 2 is 1.67 bits per heavy atom. The first-order valence-electron chi connectivity index (χ1n) is 7.85. The van der Waals surface area contributed by atoms with E-state index in [1.165, 1.54) is 0 Å². The van der Waals surface area contributed by atoms with Gasteiger partial charge in [0.25, 0.3) is 5.91 Å². The van der Waals surface area contributed by atoms with Gasteiger partial charge in [-0.1, -0.05) is 42.5 Å². The Morgan fingerprint density at radius 3 is 2.29 bits per heavy atom. The number of carbonyl (C=O) groups excluding carboxylic acids is 2. The van der Waals surface area contributed by atoms with Crippen LogP contribution in [0.1, 0.15) is 23.2 Å². The molecule has 1 fully saturated rings. The number of rotatable bonds is 4. The normalized spacial score (nSPS) is 17.1. The minimum Gasteiger partial charge on any atom is -0.370 e. The number of amides is 2. The van der Waals surface area contributed by atoms with Crippen LogP contribution in [0.3, 0.4) is 0 Å². The molecule has 0 radical (unpaired) electrons. The van der Waals surface area contributed by atoms with Crippen molar-refractivity contribution >= 4 is 17.5 Å². The molecule has 1 unspecified atom stereocenters. The molecular weight excluding hydrogens is 302 g/mol. The van der Waals surface area contributed by atoms with Crippen molar-refractivity contribution in [2.75, 3.05) is 6.54 Å². The lowest BCUT2D eigenvalue weighted by atomic mass is 10.0. The Morgan fingerprint density at radius 1 is 1.04 bits per heavy atom. The maximum Gasteiger partial charge on any atom is 0.254 e. The third-order valence-corrected chi connectivity index (χ3v) is 4.22. The summed E-state index contributed by atoms with van der Waals surface area (Å²) in [6.07, 6.45) is 0.507. The van der Waals surface area contributed by atoms with Crippen molar-refractivity contribution < 1.29 is 9.59 Å². The lowest BCUT2D eigenvalue weighted by Gasteiger charge is -2.23. The fourth-order valence-corrected chi connectivity index (χ4v) is 3.05. The summed E-state index contributed by atoms with van der Waals surface area (Å²) in [5, 5.41) is 7.81. The zero-order chi connectivity index (χ0) is 17.1. The van der Waals surface area contributed by atoms with Gasteiger partial charge in [0.15, 0.2) is 0 Å². The Hall–Kier alpha value is -2.95. The maximum absolute atomic E-state index is 12.7. The van der Waals surface area contributed by atoms with Crippen LogP contribution in [0.15, 0.2) is 54.6 Å². The number of benzene rings is 2. The van der Waals surface area contributed by atoms with Crippen molar-refractivity contribution in [3.05, 3.63) is 60.2 Å². The maximum atomic E-state index is 12.7. The molecule has 2 aromatic rings. The number of nitrogens with zero attached hydrogens (tertiary/aromatic N) is 1. The predicted molar refractivity (Wildman–Crippen MR) is 92.9 cm³/mol. The molecule has 5 nitrogen and oxygen atoms in total. The SMILES string of the molecule is N=C1CC(CC(N)=O)N(C(=O)c2ccc(-c3ccccc3)cc2)C1. The molecular formula is C19H19N3O2. The van der Waals surface area contributed by atoms with Crippen LogP contribution in [0.4, 0.5) is 0 Å². The summed E-state index contributed by atoms with van der Waals surface area (Å²) >= 11 is 0. The van der Waals surface area contributed by atoms with E-state index in [1.807, 2.05) is 42.5 Å². The fraction of sp³-hybridized carbons (Fsp3) is 0.211. The van der Waals surface area contributed by atoms with Gasteiger partial charge in [0.2, 0.25) is 5.91 Å². The number of likely N-dealkylation sites (tertiary alicyclic amines) is 1. The van der Waals surface area contributed by atoms with Gasteiger partial charge in [-0.05, 0) is 23.3 Å². The summed E-state index contributed by atoms with van der Waals surface area (Å²) in [4.78, 5) is 25.5. The van der Waals surface area contributed by atoms with Crippen molar-refractivity contribution in [3.63, 3.8) is 0 Å². The lowest BCUT2D eigenvalue weighted by Crippen LogP contribution is -2.38. The third-order valence-electron chi connectivity index (χ3n) is 4.22. The van der Waals surface area contributed by atoms with E-state index in [2.05, 4.69) is 0 Å². The van der Waals surface area contributed by atoms with Crippen molar-refractivity contribution in [3.8, 4) is 11.1 Å². The van der Waals surface area contributed by atoms with Gasteiger partial charge >= 0.3 is 0 Å². The van der Waals surface area contributed by atoms with Crippen molar-refractivity contribution in [2.24, 2.45) is 5.73 Å². The Bertz CT molecular complexity index is 769. The number of hydrogen-bond acceptors (Lipinski definition) is 3. The quantitative estimate of drug-likeness (QED) is 0.906. The van der Waals surface area contributed by atoms with E-state index in [0.717, 1.165) is 11.1 Å². The molecule has 1 atom stereocenters. The van der Waals surface area contributed by atoms with E-state index in [9.17, 15) is 9.59 Å². The van der Waals surface area contributed by atoms with Crippen LogP contribution in [0.2, 0.25) is 0 Å². The van der Waals surface area contributed by atoms with Crippen molar-refractivity contribution in [2.45, 2.75) is 18.9 Å². The van der Waals surface area contributed by atoms with Gasteiger partial charge in [-0.15, -0.1) is 0 Å². The highest BCUT2D eigenvalue weighted by Crippen LogP contribution is 2.23. The van der Waals surface area contributed by atoms with Crippen LogP contribution in [0.5, 0.6) is 0 Å². The van der Waals surface area contributed by atoms with Gasteiger partial charge < -0.3 is 16.0 Å². The highest BCUT2D eigenvalue weighted by molar-refractivity contribution is 6.00. The second kappa shape index (κ2) is 6.66. The fourth-order valence-electron chi connectivity index (χ4n) is 3.05. The smallest absolute Gasteiger partial charge is 0.254 e. The standard InChI is InChI=1S/C19H19N3O2/c20-16-10-17(11-18(21)23)22(12-16)19(24)15-8-6-14(7-9-15)13-4-2-1-3-5-13/h1-9,17,20H,10-12H2,(H2,21,23). The van der Waals surface area contributed by atoms with Crippen LogP contribution in [-0.4, -0.2) is 35.0 Å². The molecule has 24 heavy (non-hydrogen) atoms. The van der Waals surface area contributed by atoms with Crippen LogP contribution < -0.4 is 5.73 Å². The van der Waals surface area contributed by atoms with E-state index in [-0.39, 0.29) is 24.9 Å². The second-order valence-electron chi connectivity index (χ2n) is 6.01. The van der Waals surface area contributed by atoms with E-state index in [0.29, 0.717) is 17.7 Å². The van der Waals surface area contributed by atoms with Gasteiger partial charge in [-0.3, -0.25) is 9.59 Å². The first kappa shape index (κ1) is 15.9. The average molecular weight is 321 g/mol. The number of nitrogens with one attached hydrogen (secondary N) is 1. The molecule has 0 spiro atoms. The van der Waals surface area contributed by atoms with E-state index in [1.54, 1.807) is 17.0 Å². The van der Waals surface area contributed by atoms with Gasteiger partial charge in [0, 0.05) is 30.2 Å². The molecule has 5 heteroatoms. The second-order valence-corrected chi connectivity index (χ2v) is 6.01. The van der Waals surface area contributed by atoms with Gasteiger partial charge in [0.05, 0.1) is 6.54 Å².